The zero-order valence-electron chi connectivity index (χ0n) is 16.2. The van der Waals surface area contributed by atoms with E-state index in [1.807, 2.05) is 0 Å². The molecular formula is C17H22N4O5S3. The van der Waals surface area contributed by atoms with Crippen LogP contribution in [0.4, 0.5) is 10.8 Å². The zero-order chi connectivity index (χ0) is 21.0. The highest BCUT2D eigenvalue weighted by Gasteiger charge is 2.31. The van der Waals surface area contributed by atoms with Gasteiger partial charge in [-0.05, 0) is 25.5 Å². The molecule has 1 amide bonds. The number of anilines is 2. The van der Waals surface area contributed by atoms with Gasteiger partial charge < -0.3 is 9.47 Å². The minimum atomic E-state index is -3.75. The summed E-state index contributed by atoms with van der Waals surface area (Å²) in [6.07, 6.45) is 2.06. The van der Waals surface area contributed by atoms with Crippen molar-refractivity contribution in [2.45, 2.75) is 30.6 Å². The van der Waals surface area contributed by atoms with Gasteiger partial charge in [0.15, 0.2) is 15.8 Å². The van der Waals surface area contributed by atoms with Gasteiger partial charge in [0, 0.05) is 11.8 Å². The molecule has 0 aliphatic carbocycles. The van der Waals surface area contributed by atoms with E-state index in [9.17, 15) is 13.2 Å². The van der Waals surface area contributed by atoms with Crippen LogP contribution in [0.15, 0.2) is 22.5 Å². The van der Waals surface area contributed by atoms with E-state index < -0.39 is 22.0 Å². The van der Waals surface area contributed by atoms with Crippen LogP contribution in [0, 0.1) is 0 Å². The van der Waals surface area contributed by atoms with Crippen molar-refractivity contribution < 1.29 is 22.7 Å². The number of hydrogen-bond acceptors (Lipinski definition) is 9. The molecule has 1 aliphatic heterocycles. The molecule has 1 aliphatic rings. The quantitative estimate of drug-likeness (QED) is 0.475. The molecule has 1 atom stereocenters. The second-order valence-corrected chi connectivity index (χ2v) is 10.5. The van der Waals surface area contributed by atoms with Gasteiger partial charge in [-0.25, -0.2) is 8.42 Å². The first-order valence-corrected chi connectivity index (χ1v) is 12.6. The molecule has 2 heterocycles. The number of carbonyl (C=O) groups is 1. The van der Waals surface area contributed by atoms with Crippen molar-refractivity contribution in [2.75, 3.05) is 34.8 Å². The van der Waals surface area contributed by atoms with Gasteiger partial charge in [0.2, 0.25) is 21.1 Å². The smallest absolute Gasteiger partial charge is 0.249 e. The molecule has 2 aromatic rings. The lowest BCUT2D eigenvalue weighted by molar-refractivity contribution is -0.116. The van der Waals surface area contributed by atoms with Gasteiger partial charge in [-0.1, -0.05) is 30.0 Å². The third kappa shape index (κ3) is 5.31. The highest BCUT2D eigenvalue weighted by atomic mass is 32.2. The molecule has 3 rings (SSSR count). The van der Waals surface area contributed by atoms with Crippen LogP contribution in [0.2, 0.25) is 0 Å². The largest absolute Gasteiger partial charge is 0.486 e. The van der Waals surface area contributed by atoms with E-state index in [-0.39, 0.29) is 0 Å². The Kier molecular flexibility index (Phi) is 6.85. The second-order valence-electron chi connectivity index (χ2n) is 6.27. The summed E-state index contributed by atoms with van der Waals surface area (Å²) in [5.74, 6) is 1.38. The third-order valence-corrected chi connectivity index (χ3v) is 7.35. The maximum atomic E-state index is 12.7. The molecule has 1 aromatic carbocycles. The average Bonchev–Trinajstić information content (AvgIpc) is 3.12. The van der Waals surface area contributed by atoms with Gasteiger partial charge in [0.1, 0.15) is 19.3 Å². The van der Waals surface area contributed by atoms with E-state index in [2.05, 4.69) is 22.4 Å². The first kappa shape index (κ1) is 21.7. The number of fused-ring (bicyclic) bond motifs is 1. The predicted octanol–water partition coefficient (Wildman–Crippen LogP) is 2.60. The van der Waals surface area contributed by atoms with E-state index in [1.165, 1.54) is 18.3 Å². The van der Waals surface area contributed by atoms with Crippen molar-refractivity contribution in [1.29, 1.82) is 0 Å². The average molecular weight is 459 g/mol. The van der Waals surface area contributed by atoms with E-state index >= 15 is 0 Å². The molecular weight excluding hydrogens is 436 g/mol. The fourth-order valence-electron chi connectivity index (χ4n) is 2.70. The molecule has 1 aromatic heterocycles. The minimum absolute atomic E-state index is 0.316. The number of carbonyl (C=O) groups excluding carboxylic acids is 1. The molecule has 0 bridgehead atoms. The first-order chi connectivity index (χ1) is 13.8. The number of nitrogens with one attached hydrogen (secondary N) is 1. The summed E-state index contributed by atoms with van der Waals surface area (Å²) in [5, 5.41) is 11.0. The maximum absolute atomic E-state index is 12.7. The molecule has 1 N–H and O–H groups in total. The molecule has 0 radical (unpaired) electrons. The fourth-order valence-corrected chi connectivity index (χ4v) is 5.54. The number of rotatable bonds is 8. The minimum Gasteiger partial charge on any atom is -0.486 e. The van der Waals surface area contributed by atoms with Gasteiger partial charge in [-0.2, -0.15) is 0 Å². The Hall–Kier alpha value is -2.05. The fraction of sp³-hybridized carbons (Fsp3) is 0.471. The number of amides is 1. The van der Waals surface area contributed by atoms with E-state index in [1.54, 1.807) is 30.0 Å². The maximum Gasteiger partial charge on any atom is 0.249 e. The van der Waals surface area contributed by atoms with Gasteiger partial charge in [0.05, 0.1) is 11.9 Å². The standard InChI is InChI=1S/C17H22N4O5S3/c1-4-9-27-17-20-19-16(28-17)18-15(22)11(2)21(29(3,23)24)12-5-6-13-14(10-12)26-8-7-25-13/h5-6,10-11H,4,7-9H2,1-3H3,(H,18,19,22)/t11-/m1/s1. The number of sulfonamides is 1. The van der Waals surface area contributed by atoms with Crippen molar-refractivity contribution in [3.8, 4) is 11.5 Å². The zero-order valence-corrected chi connectivity index (χ0v) is 18.7. The van der Waals surface area contributed by atoms with Crippen LogP contribution in [-0.2, 0) is 14.8 Å². The molecule has 0 spiro atoms. The highest BCUT2D eigenvalue weighted by Crippen LogP contribution is 2.35. The van der Waals surface area contributed by atoms with Gasteiger partial charge >= 0.3 is 0 Å². The van der Waals surface area contributed by atoms with Gasteiger partial charge in [-0.3, -0.25) is 14.4 Å². The number of aromatic nitrogens is 2. The normalized spacial score (nSPS) is 14.3. The molecule has 12 heteroatoms. The lowest BCUT2D eigenvalue weighted by atomic mass is 10.2. The molecule has 158 valence electrons. The number of ether oxygens (including phenoxy) is 2. The van der Waals surface area contributed by atoms with Crippen LogP contribution in [0.5, 0.6) is 11.5 Å². The summed E-state index contributed by atoms with van der Waals surface area (Å²) in [7, 11) is -3.75. The SMILES string of the molecule is CCCSc1nnc(NC(=O)[C@@H](C)N(c2ccc3c(c2)OCCO3)S(C)(=O)=O)s1. The Bertz CT molecular complexity index is 979. The molecule has 29 heavy (non-hydrogen) atoms. The Morgan fingerprint density at radius 1 is 1.31 bits per heavy atom. The van der Waals surface area contributed by atoms with E-state index in [0.29, 0.717) is 35.5 Å². The number of thioether (sulfide) groups is 1. The van der Waals surface area contributed by atoms with Gasteiger partial charge in [-0.15, -0.1) is 10.2 Å². The monoisotopic (exact) mass is 458 g/mol. The molecule has 0 saturated heterocycles. The van der Waals surface area contributed by atoms with Crippen LogP contribution in [0.1, 0.15) is 20.3 Å². The summed E-state index contributed by atoms with van der Waals surface area (Å²) in [6, 6.07) is 3.77. The molecule has 9 nitrogen and oxygen atoms in total. The number of nitrogens with zero attached hydrogens (tertiary/aromatic N) is 3. The molecule has 0 unspecified atom stereocenters. The Morgan fingerprint density at radius 2 is 2.03 bits per heavy atom. The van der Waals surface area contributed by atoms with Crippen LogP contribution < -0.4 is 19.1 Å². The van der Waals surface area contributed by atoms with Crippen LogP contribution in [0.25, 0.3) is 0 Å². The van der Waals surface area contributed by atoms with Crippen molar-refractivity contribution in [1.82, 2.24) is 10.2 Å². The van der Waals surface area contributed by atoms with Crippen LogP contribution in [0.3, 0.4) is 0 Å². The first-order valence-electron chi connectivity index (χ1n) is 8.96. The van der Waals surface area contributed by atoms with Crippen molar-refractivity contribution >= 4 is 49.8 Å². The predicted molar refractivity (Wildman–Crippen MR) is 114 cm³/mol. The highest BCUT2D eigenvalue weighted by molar-refractivity contribution is 8.01. The van der Waals surface area contributed by atoms with E-state index in [0.717, 1.165) is 27.1 Å². The van der Waals surface area contributed by atoms with Crippen LogP contribution in [-0.4, -0.2) is 55.8 Å². The summed E-state index contributed by atoms with van der Waals surface area (Å²) in [4.78, 5) is 12.7. The summed E-state index contributed by atoms with van der Waals surface area (Å²) in [6.45, 7) is 4.39. The van der Waals surface area contributed by atoms with Gasteiger partial charge in [0.25, 0.3) is 0 Å². The van der Waals surface area contributed by atoms with Crippen molar-refractivity contribution in [3.05, 3.63) is 18.2 Å². The lowest BCUT2D eigenvalue weighted by Crippen LogP contribution is -2.45. The topological polar surface area (TPSA) is 111 Å². The molecule has 0 saturated carbocycles. The number of hydrogen-bond donors (Lipinski definition) is 1. The molecule has 0 fully saturated rings. The van der Waals surface area contributed by atoms with E-state index in [4.69, 9.17) is 9.47 Å². The van der Waals surface area contributed by atoms with Crippen LogP contribution >= 0.6 is 23.1 Å². The summed E-state index contributed by atoms with van der Waals surface area (Å²) in [5.41, 5.74) is 0.316. The Balaban J connectivity index is 1.80. The van der Waals surface area contributed by atoms with Crippen molar-refractivity contribution in [3.63, 3.8) is 0 Å². The lowest BCUT2D eigenvalue weighted by Gasteiger charge is -2.29. The Morgan fingerprint density at radius 3 is 2.72 bits per heavy atom. The number of benzene rings is 1. The van der Waals surface area contributed by atoms with Crippen molar-refractivity contribution in [2.24, 2.45) is 0 Å². The third-order valence-electron chi connectivity index (χ3n) is 3.93. The Labute approximate surface area is 177 Å². The second kappa shape index (κ2) is 9.18. The summed E-state index contributed by atoms with van der Waals surface area (Å²) >= 11 is 2.82. The summed E-state index contributed by atoms with van der Waals surface area (Å²) < 4.78 is 37.7.